The highest BCUT2D eigenvalue weighted by Crippen LogP contribution is 2.27. The number of benzene rings is 1. The van der Waals surface area contributed by atoms with Gasteiger partial charge in [0.15, 0.2) is 0 Å². The molecule has 1 amide bonds. The Kier molecular flexibility index (Phi) is 5.41. The molecule has 1 aromatic carbocycles. The van der Waals surface area contributed by atoms with Crippen molar-refractivity contribution >= 4 is 17.6 Å². The number of ether oxygens (including phenoxy) is 1. The van der Waals surface area contributed by atoms with Crippen LogP contribution < -0.4 is 10.1 Å². The number of hydrogen-bond acceptors (Lipinski definition) is 4. The van der Waals surface area contributed by atoms with Crippen LogP contribution in [0.25, 0.3) is 0 Å². The molecule has 0 radical (unpaired) electrons. The number of anilines is 1. The van der Waals surface area contributed by atoms with E-state index in [0.717, 1.165) is 5.76 Å². The van der Waals surface area contributed by atoms with Gasteiger partial charge in [-0.1, -0.05) is 0 Å². The zero-order chi connectivity index (χ0) is 16.8. The van der Waals surface area contributed by atoms with E-state index in [9.17, 15) is 9.59 Å². The predicted molar refractivity (Wildman–Crippen MR) is 84.8 cm³/mol. The Morgan fingerprint density at radius 3 is 2.70 bits per heavy atom. The normalized spacial score (nSPS) is 10.6. The Balaban J connectivity index is 2.10. The monoisotopic (exact) mass is 317 g/mol. The molecule has 1 heterocycles. The number of carbonyl (C=O) groups is 2. The summed E-state index contributed by atoms with van der Waals surface area (Å²) < 4.78 is 10.8. The van der Waals surface area contributed by atoms with Crippen LogP contribution in [0.3, 0.4) is 0 Å². The molecule has 1 aromatic heterocycles. The van der Waals surface area contributed by atoms with Crippen molar-refractivity contribution in [2.24, 2.45) is 0 Å². The predicted octanol–water partition coefficient (Wildman–Crippen LogP) is 3.34. The Hall–Kier alpha value is -2.76. The number of hydrogen-bond donors (Lipinski definition) is 2. The van der Waals surface area contributed by atoms with Crippen LogP contribution in [0.2, 0.25) is 0 Å². The van der Waals surface area contributed by atoms with Gasteiger partial charge in [0.25, 0.3) is 0 Å². The van der Waals surface area contributed by atoms with E-state index in [4.69, 9.17) is 14.3 Å². The summed E-state index contributed by atoms with van der Waals surface area (Å²) in [5.41, 5.74) is 0.436. The molecule has 2 N–H and O–H groups in total. The molecule has 6 nitrogen and oxygen atoms in total. The van der Waals surface area contributed by atoms with Gasteiger partial charge in [-0.2, -0.15) is 0 Å². The van der Waals surface area contributed by atoms with Gasteiger partial charge in [-0.15, -0.1) is 0 Å². The lowest BCUT2D eigenvalue weighted by Gasteiger charge is -2.15. The number of carboxylic acid groups (broad SMARTS) is 1. The number of carboxylic acids is 1. The molecule has 0 saturated carbocycles. The minimum atomic E-state index is -1.06. The first-order valence-electron chi connectivity index (χ1n) is 7.32. The number of carbonyl (C=O) groups excluding carboxylic acids is 1. The minimum absolute atomic E-state index is 0.0856. The van der Waals surface area contributed by atoms with Crippen molar-refractivity contribution in [1.82, 2.24) is 0 Å². The van der Waals surface area contributed by atoms with Gasteiger partial charge in [0.05, 0.1) is 23.6 Å². The van der Waals surface area contributed by atoms with E-state index in [-0.39, 0.29) is 24.0 Å². The number of aromatic carboxylic acids is 1. The lowest BCUT2D eigenvalue weighted by Crippen LogP contribution is -2.15. The molecule has 0 saturated heterocycles. The van der Waals surface area contributed by atoms with Crippen LogP contribution in [-0.4, -0.2) is 23.1 Å². The molecule has 0 aliphatic rings. The summed E-state index contributed by atoms with van der Waals surface area (Å²) in [6, 6.07) is 7.94. The van der Waals surface area contributed by atoms with E-state index in [1.165, 1.54) is 12.1 Å². The second-order valence-corrected chi connectivity index (χ2v) is 5.31. The second-order valence-electron chi connectivity index (χ2n) is 5.31. The van der Waals surface area contributed by atoms with Crippen LogP contribution in [0.15, 0.2) is 41.0 Å². The summed E-state index contributed by atoms with van der Waals surface area (Å²) in [5, 5.41) is 11.8. The highest BCUT2D eigenvalue weighted by Gasteiger charge is 2.13. The fraction of sp³-hybridized carbons (Fsp3) is 0.294. The molecule has 0 bridgehead atoms. The third kappa shape index (κ3) is 4.88. The lowest BCUT2D eigenvalue weighted by atomic mass is 10.1. The molecule has 2 rings (SSSR count). The Labute approximate surface area is 134 Å². The summed E-state index contributed by atoms with van der Waals surface area (Å²) in [7, 11) is 0. The van der Waals surface area contributed by atoms with E-state index in [1.807, 2.05) is 13.8 Å². The number of furan rings is 1. The maximum absolute atomic E-state index is 12.1. The van der Waals surface area contributed by atoms with Crippen molar-refractivity contribution in [3.63, 3.8) is 0 Å². The van der Waals surface area contributed by atoms with E-state index < -0.39 is 5.97 Å². The molecule has 0 aliphatic carbocycles. The van der Waals surface area contributed by atoms with Crippen molar-refractivity contribution < 1.29 is 23.8 Å². The van der Waals surface area contributed by atoms with Crippen molar-refractivity contribution in [2.75, 3.05) is 5.32 Å². The van der Waals surface area contributed by atoms with Crippen LogP contribution in [0.4, 0.5) is 5.69 Å². The standard InChI is InChI=1S/C17H19NO5/c1-11(2)23-15-7-5-12(17(20)21)10-14(15)18-16(19)8-6-13-4-3-9-22-13/h3-5,7,9-11H,6,8H2,1-2H3,(H,18,19)(H,20,21). The van der Waals surface area contributed by atoms with Gasteiger partial charge in [0.1, 0.15) is 11.5 Å². The summed E-state index contributed by atoms with van der Waals surface area (Å²) in [6.45, 7) is 3.71. The van der Waals surface area contributed by atoms with Gasteiger partial charge in [-0.05, 0) is 44.2 Å². The van der Waals surface area contributed by atoms with E-state index >= 15 is 0 Å². The molecule has 0 atom stereocenters. The highest BCUT2D eigenvalue weighted by molar-refractivity contribution is 5.95. The number of amides is 1. The quantitative estimate of drug-likeness (QED) is 0.817. The summed E-state index contributed by atoms with van der Waals surface area (Å²) in [5.74, 6) is -0.140. The zero-order valence-corrected chi connectivity index (χ0v) is 13.0. The van der Waals surface area contributed by atoms with Crippen molar-refractivity contribution in [3.8, 4) is 5.75 Å². The molecule has 122 valence electrons. The third-order valence-electron chi connectivity index (χ3n) is 3.04. The van der Waals surface area contributed by atoms with Gasteiger partial charge in [-0.3, -0.25) is 4.79 Å². The molecular formula is C17H19NO5. The van der Waals surface area contributed by atoms with Gasteiger partial charge < -0.3 is 19.6 Å². The molecule has 0 spiro atoms. The summed E-state index contributed by atoms with van der Waals surface area (Å²) >= 11 is 0. The van der Waals surface area contributed by atoms with Crippen LogP contribution in [0.1, 0.15) is 36.4 Å². The van der Waals surface area contributed by atoms with Crippen molar-refractivity contribution in [2.45, 2.75) is 32.8 Å². The topological polar surface area (TPSA) is 88.8 Å². The van der Waals surface area contributed by atoms with Crippen LogP contribution in [-0.2, 0) is 11.2 Å². The van der Waals surface area contributed by atoms with Crippen LogP contribution >= 0.6 is 0 Å². The van der Waals surface area contributed by atoms with Crippen LogP contribution in [0.5, 0.6) is 5.75 Å². The van der Waals surface area contributed by atoms with Crippen molar-refractivity contribution in [3.05, 3.63) is 47.9 Å². The van der Waals surface area contributed by atoms with Gasteiger partial charge in [0, 0.05) is 12.8 Å². The SMILES string of the molecule is CC(C)Oc1ccc(C(=O)O)cc1NC(=O)CCc1ccco1. The van der Waals surface area contributed by atoms with E-state index in [1.54, 1.807) is 24.5 Å². The Morgan fingerprint density at radius 1 is 1.30 bits per heavy atom. The maximum Gasteiger partial charge on any atom is 0.335 e. The lowest BCUT2D eigenvalue weighted by molar-refractivity contribution is -0.116. The zero-order valence-electron chi connectivity index (χ0n) is 13.0. The van der Waals surface area contributed by atoms with E-state index in [0.29, 0.717) is 17.9 Å². The molecular weight excluding hydrogens is 298 g/mol. The Bertz CT molecular complexity index is 676. The minimum Gasteiger partial charge on any atom is -0.489 e. The first kappa shape index (κ1) is 16.6. The van der Waals surface area contributed by atoms with Gasteiger partial charge in [-0.25, -0.2) is 4.79 Å². The average molecular weight is 317 g/mol. The summed E-state index contributed by atoms with van der Waals surface area (Å²) in [4.78, 5) is 23.2. The number of nitrogens with one attached hydrogen (secondary N) is 1. The molecule has 2 aromatic rings. The Morgan fingerprint density at radius 2 is 2.09 bits per heavy atom. The average Bonchev–Trinajstić information content (AvgIpc) is 2.99. The largest absolute Gasteiger partial charge is 0.489 e. The second kappa shape index (κ2) is 7.49. The van der Waals surface area contributed by atoms with Gasteiger partial charge >= 0.3 is 5.97 Å². The number of rotatable bonds is 7. The fourth-order valence-corrected chi connectivity index (χ4v) is 2.02. The molecule has 0 aliphatic heterocycles. The van der Waals surface area contributed by atoms with E-state index in [2.05, 4.69) is 5.32 Å². The van der Waals surface area contributed by atoms with Crippen LogP contribution in [0, 0.1) is 0 Å². The molecule has 23 heavy (non-hydrogen) atoms. The molecule has 0 fully saturated rings. The molecule has 0 unspecified atom stereocenters. The first-order chi connectivity index (χ1) is 11.0. The van der Waals surface area contributed by atoms with Gasteiger partial charge in [0.2, 0.25) is 5.91 Å². The maximum atomic E-state index is 12.1. The first-order valence-corrected chi connectivity index (χ1v) is 7.32. The molecule has 6 heteroatoms. The third-order valence-corrected chi connectivity index (χ3v) is 3.04. The fourth-order valence-electron chi connectivity index (χ4n) is 2.02. The number of aryl methyl sites for hydroxylation is 1. The summed E-state index contributed by atoms with van der Waals surface area (Å²) in [6.07, 6.45) is 2.16. The smallest absolute Gasteiger partial charge is 0.335 e. The highest BCUT2D eigenvalue weighted by atomic mass is 16.5. The van der Waals surface area contributed by atoms with Crippen molar-refractivity contribution in [1.29, 1.82) is 0 Å².